The highest BCUT2D eigenvalue weighted by Crippen LogP contribution is 2.58. The zero-order valence-corrected chi connectivity index (χ0v) is 18.4. The van der Waals surface area contributed by atoms with Crippen LogP contribution in [0, 0.1) is 0 Å². The first-order valence-corrected chi connectivity index (χ1v) is 10.9. The van der Waals surface area contributed by atoms with E-state index in [4.69, 9.17) is 16.3 Å². The van der Waals surface area contributed by atoms with Crippen molar-refractivity contribution in [3.63, 3.8) is 0 Å². The molecule has 27 heavy (non-hydrogen) atoms. The van der Waals surface area contributed by atoms with Crippen LogP contribution in [0.15, 0.2) is 29.2 Å². The lowest BCUT2D eigenvalue weighted by Gasteiger charge is -2.29. The Kier molecular flexibility index (Phi) is 5.50. The summed E-state index contributed by atoms with van der Waals surface area (Å²) >= 11 is 10.5. The number of alkyl halides is 1. The third-order valence-corrected chi connectivity index (χ3v) is 7.63. The van der Waals surface area contributed by atoms with Gasteiger partial charge >= 0.3 is 0 Å². The summed E-state index contributed by atoms with van der Waals surface area (Å²) in [7, 11) is 0. The molecule has 0 radical (unpaired) electrons. The number of ether oxygens (including phenoxy) is 1. The number of amides is 1. The van der Waals surface area contributed by atoms with Gasteiger partial charge in [0.05, 0.1) is 23.8 Å². The number of aromatic nitrogens is 2. The second-order valence-electron chi connectivity index (χ2n) is 6.46. The van der Waals surface area contributed by atoms with E-state index in [0.717, 1.165) is 47.2 Å². The number of carbonyl (C=O) groups is 1. The fraction of sp³-hybridized carbons (Fsp3) is 0.389. The minimum atomic E-state index is -0.227. The summed E-state index contributed by atoms with van der Waals surface area (Å²) in [5.41, 5.74) is 2.90. The van der Waals surface area contributed by atoms with Crippen LogP contribution in [0.5, 0.6) is 0 Å². The molecule has 6 nitrogen and oxygen atoms in total. The summed E-state index contributed by atoms with van der Waals surface area (Å²) in [6, 6.07) is 7.97. The van der Waals surface area contributed by atoms with Gasteiger partial charge in [-0.2, -0.15) is 4.98 Å². The highest BCUT2D eigenvalue weighted by Gasteiger charge is 2.41. The Balaban J connectivity index is 1.68. The first-order valence-electron chi connectivity index (χ1n) is 8.60. The summed E-state index contributed by atoms with van der Waals surface area (Å²) in [4.78, 5) is 23.7. The normalized spacial score (nSPS) is 21.8. The molecule has 142 valence electrons. The van der Waals surface area contributed by atoms with Gasteiger partial charge in [-0.3, -0.25) is 4.79 Å². The van der Waals surface area contributed by atoms with Gasteiger partial charge in [0.2, 0.25) is 11.2 Å². The highest BCUT2D eigenvalue weighted by atomic mass is 127. The van der Waals surface area contributed by atoms with Crippen molar-refractivity contribution >= 4 is 63.4 Å². The SMILES string of the molecule is CC(=O)Nc1cccc(C2(I)Cc3nc(Cl)nc(N4CCOCC4)c3S2)c1. The van der Waals surface area contributed by atoms with E-state index in [-0.39, 0.29) is 13.9 Å². The minimum Gasteiger partial charge on any atom is -0.378 e. The number of halogens is 2. The van der Waals surface area contributed by atoms with Crippen molar-refractivity contribution in [1.29, 1.82) is 0 Å². The van der Waals surface area contributed by atoms with E-state index >= 15 is 0 Å². The molecule has 2 aromatic rings. The van der Waals surface area contributed by atoms with Crippen LogP contribution in [-0.4, -0.2) is 42.2 Å². The lowest BCUT2D eigenvalue weighted by molar-refractivity contribution is -0.114. The van der Waals surface area contributed by atoms with Crippen LogP contribution in [0.4, 0.5) is 11.5 Å². The van der Waals surface area contributed by atoms with Crippen LogP contribution < -0.4 is 10.2 Å². The van der Waals surface area contributed by atoms with Crippen molar-refractivity contribution in [2.45, 2.75) is 21.0 Å². The first kappa shape index (κ1) is 19.2. The summed E-state index contributed by atoms with van der Waals surface area (Å²) < 4.78 is 5.24. The Labute approximate surface area is 180 Å². The van der Waals surface area contributed by atoms with Crippen LogP contribution in [0.2, 0.25) is 5.28 Å². The highest BCUT2D eigenvalue weighted by molar-refractivity contribution is 14.1. The molecule has 2 aliphatic rings. The summed E-state index contributed by atoms with van der Waals surface area (Å²) in [5, 5.41) is 3.14. The average molecular weight is 517 g/mol. The summed E-state index contributed by atoms with van der Waals surface area (Å²) in [5.74, 6) is 0.819. The molecule has 0 saturated carbocycles. The smallest absolute Gasteiger partial charge is 0.224 e. The predicted octanol–water partition coefficient (Wildman–Crippen LogP) is 3.86. The second kappa shape index (κ2) is 7.73. The monoisotopic (exact) mass is 516 g/mol. The van der Waals surface area contributed by atoms with Crippen LogP contribution >= 0.6 is 46.0 Å². The molecule has 1 saturated heterocycles. The van der Waals surface area contributed by atoms with Crippen molar-refractivity contribution in [3.05, 3.63) is 40.8 Å². The lowest BCUT2D eigenvalue weighted by atomic mass is 10.1. The number of rotatable bonds is 3. The number of nitrogens with one attached hydrogen (secondary N) is 1. The zero-order chi connectivity index (χ0) is 19.0. The molecule has 0 bridgehead atoms. The molecule has 0 aliphatic carbocycles. The van der Waals surface area contributed by atoms with Crippen molar-refractivity contribution in [2.75, 3.05) is 36.5 Å². The zero-order valence-electron chi connectivity index (χ0n) is 14.7. The maximum Gasteiger partial charge on any atom is 0.224 e. The Morgan fingerprint density at radius 3 is 2.89 bits per heavy atom. The molecular weight excluding hydrogens is 499 g/mol. The van der Waals surface area contributed by atoms with Gasteiger partial charge in [0, 0.05) is 32.1 Å². The molecule has 9 heteroatoms. The molecule has 0 spiro atoms. The molecule has 1 aromatic carbocycles. The number of morpholine rings is 1. The molecule has 1 atom stereocenters. The number of anilines is 2. The van der Waals surface area contributed by atoms with Gasteiger partial charge < -0.3 is 15.0 Å². The average Bonchev–Trinajstić information content (AvgIpc) is 2.99. The third-order valence-electron chi connectivity index (χ3n) is 4.47. The van der Waals surface area contributed by atoms with Gasteiger partial charge in [-0.15, -0.1) is 0 Å². The number of carbonyl (C=O) groups excluding carboxylic acids is 1. The standard InChI is InChI=1S/C18H18ClIN4O2S/c1-11(25)21-13-4-2-3-12(9-13)18(20)10-14-15(27-18)16(23-17(19)22-14)24-5-7-26-8-6-24/h2-4,9H,5-8,10H2,1H3,(H,21,25). The van der Waals surface area contributed by atoms with E-state index in [1.807, 2.05) is 18.2 Å². The molecule has 1 fully saturated rings. The second-order valence-corrected chi connectivity index (χ2v) is 10.7. The van der Waals surface area contributed by atoms with E-state index in [1.165, 1.54) is 6.92 Å². The van der Waals surface area contributed by atoms with Gasteiger partial charge in [-0.05, 0) is 29.3 Å². The molecular formula is C18H18ClIN4O2S. The molecule has 1 N–H and O–H groups in total. The van der Waals surface area contributed by atoms with E-state index in [1.54, 1.807) is 11.8 Å². The number of thioether (sulfide) groups is 1. The number of nitrogens with zero attached hydrogens (tertiary/aromatic N) is 3. The Morgan fingerprint density at radius 1 is 1.37 bits per heavy atom. The molecule has 1 aromatic heterocycles. The van der Waals surface area contributed by atoms with Gasteiger partial charge in [0.25, 0.3) is 0 Å². The molecule has 2 aliphatic heterocycles. The van der Waals surface area contributed by atoms with Crippen molar-refractivity contribution < 1.29 is 9.53 Å². The lowest BCUT2D eigenvalue weighted by Crippen LogP contribution is -2.37. The maximum absolute atomic E-state index is 11.4. The third kappa shape index (κ3) is 4.03. The molecule has 1 unspecified atom stereocenters. The van der Waals surface area contributed by atoms with Crippen LogP contribution in [0.1, 0.15) is 18.2 Å². The fourth-order valence-electron chi connectivity index (χ4n) is 3.27. The quantitative estimate of drug-likeness (QED) is 0.380. The van der Waals surface area contributed by atoms with Crippen LogP contribution in [-0.2, 0) is 18.7 Å². The maximum atomic E-state index is 11.4. The van der Waals surface area contributed by atoms with Crippen molar-refractivity contribution in [2.24, 2.45) is 0 Å². The fourth-order valence-corrected chi connectivity index (χ4v) is 6.09. The summed E-state index contributed by atoms with van der Waals surface area (Å²) in [6.45, 7) is 4.49. The van der Waals surface area contributed by atoms with Crippen LogP contribution in [0.25, 0.3) is 0 Å². The Morgan fingerprint density at radius 2 is 2.15 bits per heavy atom. The van der Waals surface area contributed by atoms with Gasteiger partial charge in [0.1, 0.15) is 8.57 Å². The minimum absolute atomic E-state index is 0.0794. The number of hydrogen-bond acceptors (Lipinski definition) is 6. The number of fused-ring (bicyclic) bond motifs is 1. The molecule has 1 amide bonds. The van der Waals surface area contributed by atoms with Crippen molar-refractivity contribution in [3.8, 4) is 0 Å². The number of benzene rings is 1. The number of hydrogen-bond donors (Lipinski definition) is 1. The van der Waals surface area contributed by atoms with Crippen molar-refractivity contribution in [1.82, 2.24) is 9.97 Å². The van der Waals surface area contributed by atoms with Gasteiger partial charge in [-0.25, -0.2) is 4.98 Å². The van der Waals surface area contributed by atoms with E-state index in [2.05, 4.69) is 48.8 Å². The molecule has 3 heterocycles. The van der Waals surface area contributed by atoms with Gasteiger partial charge in [0.15, 0.2) is 0 Å². The Bertz CT molecular complexity index is 894. The Hall–Kier alpha value is -1.10. The van der Waals surface area contributed by atoms with E-state index in [0.29, 0.717) is 13.2 Å². The van der Waals surface area contributed by atoms with E-state index < -0.39 is 0 Å². The topological polar surface area (TPSA) is 67.4 Å². The van der Waals surface area contributed by atoms with Crippen LogP contribution in [0.3, 0.4) is 0 Å². The van der Waals surface area contributed by atoms with E-state index in [9.17, 15) is 4.79 Å². The largest absolute Gasteiger partial charge is 0.378 e. The first-order chi connectivity index (χ1) is 12.9. The van der Waals surface area contributed by atoms with Gasteiger partial charge in [-0.1, -0.05) is 46.5 Å². The summed E-state index contributed by atoms with van der Waals surface area (Å²) in [6.07, 6.45) is 0.747. The molecule has 4 rings (SSSR count). The predicted molar refractivity (Wildman–Crippen MR) is 116 cm³/mol.